The summed E-state index contributed by atoms with van der Waals surface area (Å²) in [6.07, 6.45) is 0. The zero-order chi connectivity index (χ0) is 20.3. The van der Waals surface area contributed by atoms with Crippen molar-refractivity contribution in [1.82, 2.24) is 10.2 Å². The van der Waals surface area contributed by atoms with Crippen molar-refractivity contribution < 1.29 is 19.2 Å². The molecular formula is C20H19N3O5. The number of esters is 1. The normalized spacial score (nSPS) is 16.6. The van der Waals surface area contributed by atoms with Crippen molar-refractivity contribution in [1.29, 1.82) is 0 Å². The monoisotopic (exact) mass is 381 g/mol. The van der Waals surface area contributed by atoms with E-state index in [4.69, 9.17) is 4.74 Å². The molecular weight excluding hydrogens is 362 g/mol. The molecule has 8 nitrogen and oxygen atoms in total. The van der Waals surface area contributed by atoms with Gasteiger partial charge in [0.25, 0.3) is 5.69 Å². The smallest absolute Gasteiger partial charge is 0.337 e. The van der Waals surface area contributed by atoms with Gasteiger partial charge in [-0.15, -0.1) is 0 Å². The number of methoxy groups -OCH3 is 1. The molecule has 1 aliphatic rings. The van der Waals surface area contributed by atoms with E-state index in [1.807, 2.05) is 30.3 Å². The van der Waals surface area contributed by atoms with Crippen LogP contribution in [0.1, 0.15) is 24.1 Å². The van der Waals surface area contributed by atoms with Gasteiger partial charge in [0.15, 0.2) is 0 Å². The second-order valence-corrected chi connectivity index (χ2v) is 6.29. The molecule has 0 bridgehead atoms. The van der Waals surface area contributed by atoms with Gasteiger partial charge in [0.2, 0.25) is 0 Å². The molecule has 144 valence electrons. The Morgan fingerprint density at radius 2 is 1.82 bits per heavy atom. The summed E-state index contributed by atoms with van der Waals surface area (Å²) < 4.78 is 4.92. The molecule has 2 aromatic carbocycles. The zero-order valence-corrected chi connectivity index (χ0v) is 15.4. The number of carbonyl (C=O) groups is 2. The van der Waals surface area contributed by atoms with Crippen molar-refractivity contribution in [2.24, 2.45) is 0 Å². The predicted molar refractivity (Wildman–Crippen MR) is 101 cm³/mol. The Balaban J connectivity index is 2.00. The van der Waals surface area contributed by atoms with Gasteiger partial charge >= 0.3 is 12.0 Å². The lowest BCUT2D eigenvalue weighted by Gasteiger charge is -2.35. The number of nitrogens with one attached hydrogen (secondary N) is 1. The maximum Gasteiger partial charge on any atom is 0.337 e. The minimum Gasteiger partial charge on any atom is -0.466 e. The van der Waals surface area contributed by atoms with Crippen LogP contribution in [0.25, 0.3) is 0 Å². The highest BCUT2D eigenvalue weighted by Gasteiger charge is 2.36. The minimum absolute atomic E-state index is 0.0723. The van der Waals surface area contributed by atoms with Crippen LogP contribution in [-0.2, 0) is 16.1 Å². The van der Waals surface area contributed by atoms with E-state index in [1.54, 1.807) is 6.92 Å². The number of hydrogen-bond donors (Lipinski definition) is 1. The highest BCUT2D eigenvalue weighted by Crippen LogP contribution is 2.32. The highest BCUT2D eigenvalue weighted by atomic mass is 16.6. The van der Waals surface area contributed by atoms with Crippen LogP contribution in [0.5, 0.6) is 0 Å². The summed E-state index contributed by atoms with van der Waals surface area (Å²) in [5.41, 5.74) is 2.15. The summed E-state index contributed by atoms with van der Waals surface area (Å²) in [7, 11) is 1.27. The Hall–Kier alpha value is -3.68. The Kier molecular flexibility index (Phi) is 5.39. The second kappa shape index (κ2) is 7.91. The van der Waals surface area contributed by atoms with Gasteiger partial charge in [-0.3, -0.25) is 15.0 Å². The lowest BCUT2D eigenvalue weighted by atomic mass is 9.94. The third-order valence-electron chi connectivity index (χ3n) is 4.62. The Morgan fingerprint density at radius 1 is 1.18 bits per heavy atom. The standard InChI is InChI=1S/C20H19N3O5/c1-13-17(19(24)28-2)18(15-8-10-16(11-9-15)23(26)27)21-20(25)22(13)12-14-6-4-3-5-7-14/h3-11,18H,12H2,1-2H3,(H,21,25). The molecule has 0 saturated carbocycles. The molecule has 2 aromatic rings. The molecule has 1 atom stereocenters. The van der Waals surface area contributed by atoms with Crippen molar-refractivity contribution in [2.75, 3.05) is 7.11 Å². The summed E-state index contributed by atoms with van der Waals surface area (Å²) >= 11 is 0. The molecule has 1 aliphatic heterocycles. The summed E-state index contributed by atoms with van der Waals surface area (Å²) in [4.78, 5) is 37.1. The number of allylic oxidation sites excluding steroid dienone is 1. The molecule has 1 heterocycles. The number of hydrogen-bond acceptors (Lipinski definition) is 5. The molecule has 0 saturated heterocycles. The Morgan fingerprint density at radius 3 is 2.39 bits per heavy atom. The van der Waals surface area contributed by atoms with Crippen LogP contribution in [0.15, 0.2) is 65.9 Å². The van der Waals surface area contributed by atoms with Crippen molar-refractivity contribution in [2.45, 2.75) is 19.5 Å². The Labute approximate surface area is 161 Å². The minimum atomic E-state index is -0.757. The van der Waals surface area contributed by atoms with Crippen molar-refractivity contribution in [3.63, 3.8) is 0 Å². The van der Waals surface area contributed by atoms with Crippen LogP contribution in [0, 0.1) is 10.1 Å². The van der Waals surface area contributed by atoms with E-state index < -0.39 is 16.9 Å². The number of nitro groups is 1. The summed E-state index contributed by atoms with van der Waals surface area (Å²) in [6, 6.07) is 14.0. The average Bonchev–Trinajstić information content (AvgIpc) is 2.71. The van der Waals surface area contributed by atoms with Gasteiger partial charge in [0, 0.05) is 17.8 Å². The first-order valence-corrected chi connectivity index (χ1v) is 8.57. The SMILES string of the molecule is COC(=O)C1=C(C)N(Cc2ccccc2)C(=O)NC1c1ccc([N+](=O)[O-])cc1. The summed E-state index contributed by atoms with van der Waals surface area (Å²) in [5, 5.41) is 13.7. The third kappa shape index (κ3) is 3.71. The van der Waals surface area contributed by atoms with E-state index in [0.29, 0.717) is 17.8 Å². The van der Waals surface area contributed by atoms with Gasteiger partial charge in [-0.25, -0.2) is 9.59 Å². The van der Waals surface area contributed by atoms with Crippen LogP contribution >= 0.6 is 0 Å². The molecule has 2 amide bonds. The molecule has 0 aliphatic carbocycles. The van der Waals surface area contributed by atoms with E-state index in [1.165, 1.54) is 36.3 Å². The molecule has 0 radical (unpaired) electrons. The molecule has 1 unspecified atom stereocenters. The number of ether oxygens (including phenoxy) is 1. The Bertz CT molecular complexity index is 938. The van der Waals surface area contributed by atoms with Crippen LogP contribution < -0.4 is 5.32 Å². The van der Waals surface area contributed by atoms with E-state index in [2.05, 4.69) is 5.32 Å². The van der Waals surface area contributed by atoms with Gasteiger partial charge in [-0.2, -0.15) is 0 Å². The van der Waals surface area contributed by atoms with Crippen molar-refractivity contribution in [3.8, 4) is 0 Å². The van der Waals surface area contributed by atoms with Crippen LogP contribution in [-0.4, -0.2) is 28.9 Å². The topological polar surface area (TPSA) is 102 Å². The fourth-order valence-electron chi connectivity index (χ4n) is 3.15. The number of benzene rings is 2. The number of rotatable bonds is 5. The van der Waals surface area contributed by atoms with Gasteiger partial charge in [0.1, 0.15) is 0 Å². The molecule has 0 spiro atoms. The fourth-order valence-corrected chi connectivity index (χ4v) is 3.15. The van der Waals surface area contributed by atoms with Gasteiger partial charge in [0.05, 0.1) is 30.2 Å². The van der Waals surface area contributed by atoms with Crippen LogP contribution in [0.4, 0.5) is 10.5 Å². The van der Waals surface area contributed by atoms with E-state index in [0.717, 1.165) is 5.56 Å². The predicted octanol–water partition coefficient (Wildman–Crippen LogP) is 3.31. The van der Waals surface area contributed by atoms with E-state index >= 15 is 0 Å². The first-order valence-electron chi connectivity index (χ1n) is 8.57. The van der Waals surface area contributed by atoms with Crippen molar-refractivity contribution >= 4 is 17.7 Å². The van der Waals surface area contributed by atoms with Crippen LogP contribution in [0.2, 0.25) is 0 Å². The molecule has 1 N–H and O–H groups in total. The largest absolute Gasteiger partial charge is 0.466 e. The lowest BCUT2D eigenvalue weighted by Crippen LogP contribution is -2.47. The van der Waals surface area contributed by atoms with Crippen LogP contribution in [0.3, 0.4) is 0 Å². The zero-order valence-electron chi connectivity index (χ0n) is 15.4. The molecule has 3 rings (SSSR count). The van der Waals surface area contributed by atoms with E-state index in [-0.39, 0.29) is 17.3 Å². The van der Waals surface area contributed by atoms with Gasteiger partial charge < -0.3 is 10.1 Å². The number of nitro benzene ring substituents is 1. The van der Waals surface area contributed by atoms with Crippen molar-refractivity contribution in [3.05, 3.63) is 87.1 Å². The third-order valence-corrected chi connectivity index (χ3v) is 4.62. The second-order valence-electron chi connectivity index (χ2n) is 6.29. The first-order chi connectivity index (χ1) is 13.4. The molecule has 0 aromatic heterocycles. The molecule has 8 heteroatoms. The number of urea groups is 1. The average molecular weight is 381 g/mol. The fraction of sp³-hybridized carbons (Fsp3) is 0.200. The molecule has 28 heavy (non-hydrogen) atoms. The maximum absolute atomic E-state index is 12.7. The first kappa shape index (κ1) is 19.1. The lowest BCUT2D eigenvalue weighted by molar-refractivity contribution is -0.384. The quantitative estimate of drug-likeness (QED) is 0.486. The maximum atomic E-state index is 12.7. The van der Waals surface area contributed by atoms with Gasteiger partial charge in [-0.1, -0.05) is 30.3 Å². The number of amides is 2. The number of carbonyl (C=O) groups excluding carboxylic acids is 2. The summed E-state index contributed by atoms with van der Waals surface area (Å²) in [5.74, 6) is -0.570. The molecule has 0 fully saturated rings. The number of nitrogens with zero attached hydrogens (tertiary/aromatic N) is 2. The van der Waals surface area contributed by atoms with Gasteiger partial charge in [-0.05, 0) is 30.2 Å². The van der Waals surface area contributed by atoms with E-state index in [9.17, 15) is 19.7 Å². The highest BCUT2D eigenvalue weighted by molar-refractivity contribution is 5.95. The number of non-ortho nitro benzene ring substituents is 1. The summed E-state index contributed by atoms with van der Waals surface area (Å²) in [6.45, 7) is 1.98.